The van der Waals surface area contributed by atoms with Crippen molar-refractivity contribution in [3.63, 3.8) is 0 Å². The number of hydrogen-bond acceptors (Lipinski definition) is 10. The van der Waals surface area contributed by atoms with Gasteiger partial charge in [0.2, 0.25) is 9.92 Å². The van der Waals surface area contributed by atoms with Gasteiger partial charge in [-0.3, -0.25) is 0 Å². The van der Waals surface area contributed by atoms with E-state index in [0.717, 1.165) is 44.7 Å². The Labute approximate surface area is 207 Å². The lowest BCUT2D eigenvalue weighted by molar-refractivity contribution is 0.216. The van der Waals surface area contributed by atoms with E-state index in [1.165, 1.54) is 87.4 Å². The summed E-state index contributed by atoms with van der Waals surface area (Å²) in [7, 11) is 0. The van der Waals surface area contributed by atoms with Crippen LogP contribution in [-0.2, 0) is 0 Å². The number of nitrogens with zero attached hydrogens (tertiary/aromatic N) is 10. The Hall–Kier alpha value is -2.02. The van der Waals surface area contributed by atoms with Crippen LogP contribution in [0.3, 0.4) is 0 Å². The Morgan fingerprint density at radius 1 is 0.618 bits per heavy atom. The predicted molar refractivity (Wildman–Crippen MR) is 134 cm³/mol. The molecule has 2 saturated heterocycles. The van der Waals surface area contributed by atoms with Crippen molar-refractivity contribution in [3.8, 4) is 10.0 Å². The first kappa shape index (κ1) is 22.4. The first-order valence-electron chi connectivity index (χ1n) is 12.5. The molecule has 0 N–H and O–H groups in total. The monoisotopic (exact) mass is 500 g/mol. The molecule has 0 saturated carbocycles. The molecule has 182 valence electrons. The molecule has 6 heterocycles. The molecule has 10 nitrogen and oxygen atoms in total. The van der Waals surface area contributed by atoms with E-state index >= 15 is 0 Å². The number of aromatic nitrogens is 8. The van der Waals surface area contributed by atoms with Crippen LogP contribution in [0.2, 0.25) is 0 Å². The van der Waals surface area contributed by atoms with Gasteiger partial charge in [-0.1, -0.05) is 49.4 Å². The molecule has 2 atom stereocenters. The van der Waals surface area contributed by atoms with E-state index in [-0.39, 0.29) is 11.8 Å². The van der Waals surface area contributed by atoms with Crippen LogP contribution >= 0.6 is 22.7 Å². The Morgan fingerprint density at radius 2 is 1.03 bits per heavy atom. The smallest absolute Gasteiger partial charge is 0.235 e. The van der Waals surface area contributed by atoms with Gasteiger partial charge >= 0.3 is 0 Å². The molecule has 4 aromatic heterocycles. The van der Waals surface area contributed by atoms with Crippen LogP contribution in [0.5, 0.6) is 0 Å². The molecule has 2 aliphatic heterocycles. The topological polar surface area (TPSA) is 92.6 Å². The second kappa shape index (κ2) is 9.56. The third-order valence-corrected chi connectivity index (χ3v) is 9.00. The highest BCUT2D eigenvalue weighted by Crippen LogP contribution is 2.31. The van der Waals surface area contributed by atoms with Crippen molar-refractivity contribution < 1.29 is 0 Å². The van der Waals surface area contributed by atoms with Crippen molar-refractivity contribution in [1.29, 1.82) is 0 Å². The van der Waals surface area contributed by atoms with Crippen molar-refractivity contribution in [2.75, 3.05) is 39.3 Å². The van der Waals surface area contributed by atoms with Crippen molar-refractivity contribution in [2.24, 2.45) is 0 Å². The highest BCUT2D eigenvalue weighted by molar-refractivity contribution is 7.26. The van der Waals surface area contributed by atoms with Gasteiger partial charge in [-0.2, -0.15) is 19.2 Å². The van der Waals surface area contributed by atoms with Crippen LogP contribution in [0.1, 0.15) is 75.9 Å². The molecule has 2 aliphatic rings. The second-order valence-corrected chi connectivity index (χ2v) is 11.8. The maximum absolute atomic E-state index is 4.87. The molecule has 0 aromatic carbocycles. The van der Waals surface area contributed by atoms with E-state index in [0.29, 0.717) is 0 Å². The fraction of sp³-hybridized carbons (Fsp3) is 0.727. The van der Waals surface area contributed by atoms with Gasteiger partial charge in [-0.15, -0.1) is 20.4 Å². The summed E-state index contributed by atoms with van der Waals surface area (Å²) < 4.78 is 3.83. The summed E-state index contributed by atoms with van der Waals surface area (Å²) in [5.41, 5.74) is 0. The number of hydrogen-bond donors (Lipinski definition) is 0. The molecule has 0 radical (unpaired) electrons. The Bertz CT molecular complexity index is 1150. The van der Waals surface area contributed by atoms with Crippen molar-refractivity contribution in [3.05, 3.63) is 11.6 Å². The van der Waals surface area contributed by atoms with Crippen LogP contribution in [0, 0.1) is 0 Å². The molecule has 0 bridgehead atoms. The molecule has 34 heavy (non-hydrogen) atoms. The van der Waals surface area contributed by atoms with Crippen LogP contribution in [0.15, 0.2) is 0 Å². The number of likely N-dealkylation sites (tertiary alicyclic amines) is 2. The molecular formula is C22H32N10S2. The van der Waals surface area contributed by atoms with Crippen molar-refractivity contribution in [2.45, 2.75) is 64.2 Å². The lowest BCUT2D eigenvalue weighted by Gasteiger charge is -2.28. The van der Waals surface area contributed by atoms with E-state index in [9.17, 15) is 0 Å². The predicted octanol–water partition coefficient (Wildman–Crippen LogP) is 3.53. The van der Waals surface area contributed by atoms with E-state index < -0.39 is 0 Å². The highest BCUT2D eigenvalue weighted by Gasteiger charge is 2.24. The van der Waals surface area contributed by atoms with Gasteiger partial charge in [-0.05, 0) is 51.9 Å². The molecule has 4 aromatic rings. The summed E-state index contributed by atoms with van der Waals surface area (Å²) in [6.45, 7) is 11.2. The minimum Gasteiger partial charge on any atom is -0.303 e. The van der Waals surface area contributed by atoms with Crippen molar-refractivity contribution >= 4 is 32.6 Å². The third kappa shape index (κ3) is 4.36. The summed E-state index contributed by atoms with van der Waals surface area (Å²) in [5.74, 6) is 2.43. The lowest BCUT2D eigenvalue weighted by Crippen LogP contribution is -2.33. The summed E-state index contributed by atoms with van der Waals surface area (Å²) in [6.07, 6.45) is 7.87. The highest BCUT2D eigenvalue weighted by atomic mass is 32.1. The van der Waals surface area contributed by atoms with Crippen LogP contribution < -0.4 is 0 Å². The van der Waals surface area contributed by atoms with E-state index in [1.807, 2.05) is 9.03 Å². The Morgan fingerprint density at radius 3 is 1.44 bits per heavy atom. The first-order valence-corrected chi connectivity index (χ1v) is 14.2. The van der Waals surface area contributed by atoms with Crippen LogP contribution in [0.25, 0.3) is 19.9 Å². The molecule has 6 rings (SSSR count). The zero-order valence-electron chi connectivity index (χ0n) is 19.9. The molecule has 2 fully saturated rings. The summed E-state index contributed by atoms with van der Waals surface area (Å²) in [6, 6.07) is 0. The zero-order valence-corrected chi connectivity index (χ0v) is 21.6. The van der Waals surface area contributed by atoms with Gasteiger partial charge in [0.25, 0.3) is 0 Å². The summed E-state index contributed by atoms with van der Waals surface area (Å²) in [5, 5.41) is 29.2. The fourth-order valence-electron chi connectivity index (χ4n) is 5.27. The number of fused-ring (bicyclic) bond motifs is 2. The Kier molecular flexibility index (Phi) is 6.31. The van der Waals surface area contributed by atoms with Gasteiger partial charge < -0.3 is 9.80 Å². The Balaban J connectivity index is 1.22. The fourth-order valence-corrected chi connectivity index (χ4v) is 6.98. The molecular weight excluding hydrogens is 468 g/mol. The first-order chi connectivity index (χ1) is 16.7. The summed E-state index contributed by atoms with van der Waals surface area (Å²) in [4.78, 5) is 6.72. The average Bonchev–Trinajstić information content (AvgIpc) is 3.60. The maximum atomic E-state index is 4.87. The standard InChI is InChI=1S/C22H32N10S2/c1-15(13-29-9-5-3-6-10-29)17-23-25-21-31(17)27-19(33-21)20-28-32-18(24-26-22(32)34-20)16(2)14-30-11-7-4-8-12-30/h15-16H,3-14H2,1-2H3. The third-order valence-electron chi connectivity index (χ3n) is 7.06. The van der Waals surface area contributed by atoms with Gasteiger partial charge in [0.05, 0.1) is 0 Å². The van der Waals surface area contributed by atoms with Gasteiger partial charge in [0.1, 0.15) is 0 Å². The molecule has 0 spiro atoms. The largest absolute Gasteiger partial charge is 0.303 e. The van der Waals surface area contributed by atoms with Crippen LogP contribution in [-0.4, -0.2) is 88.7 Å². The zero-order chi connectivity index (χ0) is 23.1. The van der Waals surface area contributed by atoms with Gasteiger partial charge in [-0.25, -0.2) is 0 Å². The lowest BCUT2D eigenvalue weighted by atomic mass is 10.1. The van der Waals surface area contributed by atoms with Gasteiger partial charge in [0.15, 0.2) is 21.7 Å². The van der Waals surface area contributed by atoms with Gasteiger partial charge in [0, 0.05) is 24.9 Å². The molecule has 0 amide bonds. The molecule has 12 heteroatoms. The van der Waals surface area contributed by atoms with Crippen LogP contribution in [0.4, 0.5) is 0 Å². The van der Waals surface area contributed by atoms with Crippen molar-refractivity contribution in [1.82, 2.24) is 49.4 Å². The van der Waals surface area contributed by atoms with E-state index in [4.69, 9.17) is 10.2 Å². The van der Waals surface area contributed by atoms with E-state index in [1.54, 1.807) is 0 Å². The number of piperidine rings is 2. The normalized spacial score (nSPS) is 20.4. The summed E-state index contributed by atoms with van der Waals surface area (Å²) >= 11 is 3.08. The maximum Gasteiger partial charge on any atom is 0.235 e. The molecule has 2 unspecified atom stereocenters. The molecule has 0 aliphatic carbocycles. The minimum absolute atomic E-state index is 0.281. The quantitative estimate of drug-likeness (QED) is 0.381. The SMILES string of the molecule is CC(CN1CCCCC1)c1nnc2sc(-c3nn4c(C(C)CN5CCCCC5)nnc4s3)nn12. The number of rotatable bonds is 7. The van der Waals surface area contributed by atoms with E-state index in [2.05, 4.69) is 44.0 Å². The second-order valence-electron chi connectivity index (χ2n) is 9.84. The minimum atomic E-state index is 0.281. The average molecular weight is 501 g/mol.